The van der Waals surface area contributed by atoms with Crippen molar-refractivity contribution >= 4 is 29.3 Å². The molecule has 1 atom stereocenters. The molecule has 1 unspecified atom stereocenters. The zero-order valence-corrected chi connectivity index (χ0v) is 13.8. The average Bonchev–Trinajstić information content (AvgIpc) is 2.57. The van der Waals surface area contributed by atoms with Gasteiger partial charge in [-0.2, -0.15) is 0 Å². The molecule has 2 aliphatic heterocycles. The van der Waals surface area contributed by atoms with E-state index in [4.69, 9.17) is 0 Å². The molecule has 2 amide bonds. The first-order chi connectivity index (χ1) is 10.7. The van der Waals surface area contributed by atoms with Gasteiger partial charge in [0.2, 0.25) is 11.8 Å². The maximum Gasteiger partial charge on any atom is 0.242 e. The second-order valence-corrected chi connectivity index (χ2v) is 7.01. The molecule has 118 valence electrons. The van der Waals surface area contributed by atoms with Gasteiger partial charge in [-0.05, 0) is 30.9 Å². The highest BCUT2D eigenvalue weighted by Crippen LogP contribution is 2.34. The molecule has 0 aromatic heterocycles. The summed E-state index contributed by atoms with van der Waals surface area (Å²) in [5.41, 5.74) is 0.876. The summed E-state index contributed by atoms with van der Waals surface area (Å²) in [4.78, 5) is 29.5. The van der Waals surface area contributed by atoms with Gasteiger partial charge in [-0.25, -0.2) is 0 Å². The summed E-state index contributed by atoms with van der Waals surface area (Å²) in [5, 5.41) is 0. The van der Waals surface area contributed by atoms with Crippen molar-refractivity contribution in [1.29, 1.82) is 0 Å². The third-order valence-electron chi connectivity index (χ3n) is 4.55. The number of likely N-dealkylation sites (tertiary alicyclic amines) is 1. The Hall–Kier alpha value is -1.49. The van der Waals surface area contributed by atoms with Gasteiger partial charge < -0.3 is 9.80 Å². The summed E-state index contributed by atoms with van der Waals surface area (Å²) in [7, 11) is 0. The first-order valence-corrected chi connectivity index (χ1v) is 8.97. The van der Waals surface area contributed by atoms with Crippen molar-refractivity contribution in [2.45, 2.75) is 31.1 Å². The Balaban J connectivity index is 1.72. The highest BCUT2D eigenvalue weighted by molar-refractivity contribution is 8.00. The van der Waals surface area contributed by atoms with Crippen LogP contribution in [0.5, 0.6) is 0 Å². The topological polar surface area (TPSA) is 40.6 Å². The molecule has 0 aliphatic carbocycles. The minimum Gasteiger partial charge on any atom is -0.341 e. The minimum atomic E-state index is 0.0288. The van der Waals surface area contributed by atoms with Gasteiger partial charge in [0.1, 0.15) is 6.54 Å². The van der Waals surface area contributed by atoms with Crippen LogP contribution in [0.1, 0.15) is 26.2 Å². The van der Waals surface area contributed by atoms with Crippen LogP contribution in [0.2, 0.25) is 0 Å². The van der Waals surface area contributed by atoms with E-state index in [0.29, 0.717) is 11.7 Å². The highest BCUT2D eigenvalue weighted by atomic mass is 32.2. The van der Waals surface area contributed by atoms with Crippen molar-refractivity contribution in [1.82, 2.24) is 4.90 Å². The number of amides is 2. The summed E-state index contributed by atoms with van der Waals surface area (Å²) in [6.07, 6.45) is 3.40. The van der Waals surface area contributed by atoms with E-state index in [1.807, 2.05) is 29.2 Å². The fraction of sp³-hybridized carbons (Fsp3) is 0.529. The second-order valence-electron chi connectivity index (χ2n) is 5.99. The molecule has 0 saturated carbocycles. The second kappa shape index (κ2) is 6.73. The SMILES string of the molecule is CCC1CCCN(C(=O)CN2C(=O)CSc3ccccc32)C1. The van der Waals surface area contributed by atoms with Crippen LogP contribution in [-0.4, -0.2) is 42.1 Å². The summed E-state index contributed by atoms with van der Waals surface area (Å²) < 4.78 is 0. The number of carbonyl (C=O) groups excluding carboxylic acids is 2. The monoisotopic (exact) mass is 318 g/mol. The zero-order chi connectivity index (χ0) is 15.5. The minimum absolute atomic E-state index is 0.0288. The molecule has 4 nitrogen and oxygen atoms in total. The van der Waals surface area contributed by atoms with E-state index in [-0.39, 0.29) is 18.4 Å². The Kier molecular flexibility index (Phi) is 4.71. The van der Waals surface area contributed by atoms with Crippen molar-refractivity contribution in [2.75, 3.05) is 30.3 Å². The quantitative estimate of drug-likeness (QED) is 0.860. The molecule has 3 rings (SSSR count). The van der Waals surface area contributed by atoms with E-state index in [9.17, 15) is 9.59 Å². The highest BCUT2D eigenvalue weighted by Gasteiger charge is 2.29. The van der Waals surface area contributed by atoms with Gasteiger partial charge in [0.15, 0.2) is 0 Å². The Morgan fingerprint density at radius 1 is 1.36 bits per heavy atom. The lowest BCUT2D eigenvalue weighted by atomic mass is 9.95. The van der Waals surface area contributed by atoms with E-state index >= 15 is 0 Å². The number of carbonyl (C=O) groups is 2. The van der Waals surface area contributed by atoms with Crippen molar-refractivity contribution in [3.8, 4) is 0 Å². The van der Waals surface area contributed by atoms with Crippen molar-refractivity contribution < 1.29 is 9.59 Å². The largest absolute Gasteiger partial charge is 0.341 e. The lowest BCUT2D eigenvalue weighted by Crippen LogP contribution is -2.47. The van der Waals surface area contributed by atoms with E-state index in [1.165, 1.54) is 6.42 Å². The predicted octanol–water partition coefficient (Wildman–Crippen LogP) is 2.77. The van der Waals surface area contributed by atoms with Crippen LogP contribution in [0, 0.1) is 5.92 Å². The number of nitrogens with zero attached hydrogens (tertiary/aromatic N) is 2. The summed E-state index contributed by atoms with van der Waals surface area (Å²) in [5.74, 6) is 1.13. The number of hydrogen-bond donors (Lipinski definition) is 0. The number of rotatable bonds is 3. The fourth-order valence-electron chi connectivity index (χ4n) is 3.19. The Morgan fingerprint density at radius 2 is 2.18 bits per heavy atom. The molecule has 22 heavy (non-hydrogen) atoms. The van der Waals surface area contributed by atoms with E-state index in [0.717, 1.165) is 36.5 Å². The molecule has 0 bridgehead atoms. The normalized spacial score (nSPS) is 21.7. The third-order valence-corrected chi connectivity index (χ3v) is 5.60. The summed E-state index contributed by atoms with van der Waals surface area (Å²) >= 11 is 1.55. The van der Waals surface area contributed by atoms with Gasteiger partial charge >= 0.3 is 0 Å². The maximum atomic E-state index is 12.6. The van der Waals surface area contributed by atoms with Crippen LogP contribution < -0.4 is 4.90 Å². The molecule has 0 N–H and O–H groups in total. The van der Waals surface area contributed by atoms with Crippen LogP contribution >= 0.6 is 11.8 Å². The van der Waals surface area contributed by atoms with Crippen LogP contribution in [0.25, 0.3) is 0 Å². The molecule has 1 aromatic carbocycles. The molecular formula is C17H22N2O2S. The van der Waals surface area contributed by atoms with Crippen molar-refractivity contribution in [3.63, 3.8) is 0 Å². The third kappa shape index (κ3) is 3.14. The molecule has 0 radical (unpaired) electrons. The number of thioether (sulfide) groups is 1. The smallest absolute Gasteiger partial charge is 0.242 e. The van der Waals surface area contributed by atoms with E-state index < -0.39 is 0 Å². The van der Waals surface area contributed by atoms with E-state index in [1.54, 1.807) is 16.7 Å². The molecule has 1 fully saturated rings. The Morgan fingerprint density at radius 3 is 3.00 bits per heavy atom. The first-order valence-electron chi connectivity index (χ1n) is 7.99. The van der Waals surface area contributed by atoms with Gasteiger partial charge in [0, 0.05) is 18.0 Å². The van der Waals surface area contributed by atoms with Crippen molar-refractivity contribution in [3.05, 3.63) is 24.3 Å². The lowest BCUT2D eigenvalue weighted by molar-refractivity contribution is -0.132. The van der Waals surface area contributed by atoms with Crippen LogP contribution in [0.15, 0.2) is 29.2 Å². The predicted molar refractivity (Wildman–Crippen MR) is 89.1 cm³/mol. The molecular weight excluding hydrogens is 296 g/mol. The standard InChI is InChI=1S/C17H22N2O2S/c1-2-13-6-5-9-18(10-13)16(20)11-19-14-7-3-4-8-15(14)22-12-17(19)21/h3-4,7-8,13H,2,5-6,9-12H2,1H3. The summed E-state index contributed by atoms with van der Waals surface area (Å²) in [6.45, 7) is 4.02. The average molecular weight is 318 g/mol. The van der Waals surface area contributed by atoms with Crippen LogP contribution in [0.3, 0.4) is 0 Å². The number of para-hydroxylation sites is 1. The van der Waals surface area contributed by atoms with Gasteiger partial charge in [-0.1, -0.05) is 25.5 Å². The lowest BCUT2D eigenvalue weighted by Gasteiger charge is -2.35. The number of anilines is 1. The number of benzene rings is 1. The summed E-state index contributed by atoms with van der Waals surface area (Å²) in [6, 6.07) is 7.83. The van der Waals surface area contributed by atoms with E-state index in [2.05, 4.69) is 6.92 Å². The Bertz CT molecular complexity index is 576. The van der Waals surface area contributed by atoms with Gasteiger partial charge in [-0.3, -0.25) is 9.59 Å². The Labute approximate surface area is 135 Å². The van der Waals surface area contributed by atoms with Gasteiger partial charge in [0.05, 0.1) is 11.4 Å². The van der Waals surface area contributed by atoms with Crippen LogP contribution in [-0.2, 0) is 9.59 Å². The van der Waals surface area contributed by atoms with Gasteiger partial charge in [0.25, 0.3) is 0 Å². The molecule has 0 spiro atoms. The maximum absolute atomic E-state index is 12.6. The first kappa shape index (κ1) is 15.4. The zero-order valence-electron chi connectivity index (χ0n) is 13.0. The number of piperidine rings is 1. The number of fused-ring (bicyclic) bond motifs is 1. The van der Waals surface area contributed by atoms with Crippen molar-refractivity contribution in [2.24, 2.45) is 5.92 Å². The molecule has 5 heteroatoms. The number of hydrogen-bond acceptors (Lipinski definition) is 3. The molecule has 1 aromatic rings. The fourth-order valence-corrected chi connectivity index (χ4v) is 4.12. The molecule has 2 aliphatic rings. The van der Waals surface area contributed by atoms with Crippen LogP contribution in [0.4, 0.5) is 5.69 Å². The molecule has 2 heterocycles. The van der Waals surface area contributed by atoms with Gasteiger partial charge in [-0.15, -0.1) is 11.8 Å². The molecule has 1 saturated heterocycles.